The van der Waals surface area contributed by atoms with E-state index in [1.807, 2.05) is 30.8 Å². The second-order valence-electron chi connectivity index (χ2n) is 3.97. The number of nitrogens with two attached hydrogens (primary N) is 1. The highest BCUT2D eigenvalue weighted by Crippen LogP contribution is 2.23. The standard InChI is InChI=1S/C11H17N3S/c1-8-7-14(5-6-15-8)11-4-3-10(12)9(2)13-11/h3-4,8H,5-7,12H2,1-2H3. The Balaban J connectivity index is 2.18. The van der Waals surface area contributed by atoms with Gasteiger partial charge in [0.1, 0.15) is 5.82 Å². The van der Waals surface area contributed by atoms with Crippen molar-refractivity contribution < 1.29 is 0 Å². The molecule has 3 nitrogen and oxygen atoms in total. The van der Waals surface area contributed by atoms with Crippen LogP contribution in [0.25, 0.3) is 0 Å². The summed E-state index contributed by atoms with van der Waals surface area (Å²) >= 11 is 2.03. The summed E-state index contributed by atoms with van der Waals surface area (Å²) in [6.07, 6.45) is 0. The van der Waals surface area contributed by atoms with Gasteiger partial charge in [-0.2, -0.15) is 11.8 Å². The Morgan fingerprint density at radius 1 is 1.53 bits per heavy atom. The lowest BCUT2D eigenvalue weighted by Gasteiger charge is -2.31. The molecule has 0 saturated carbocycles. The Hall–Kier alpha value is -0.900. The molecule has 0 aliphatic carbocycles. The van der Waals surface area contributed by atoms with Crippen LogP contribution in [-0.4, -0.2) is 29.1 Å². The van der Waals surface area contributed by atoms with Crippen molar-refractivity contribution in [3.05, 3.63) is 17.8 Å². The zero-order chi connectivity index (χ0) is 10.8. The van der Waals surface area contributed by atoms with E-state index in [9.17, 15) is 0 Å². The third-order valence-electron chi connectivity index (χ3n) is 2.68. The number of hydrogen-bond donors (Lipinski definition) is 1. The minimum Gasteiger partial charge on any atom is -0.397 e. The van der Waals surface area contributed by atoms with Gasteiger partial charge in [-0.15, -0.1) is 0 Å². The summed E-state index contributed by atoms with van der Waals surface area (Å²) in [6, 6.07) is 3.97. The van der Waals surface area contributed by atoms with Crippen molar-refractivity contribution in [3.63, 3.8) is 0 Å². The molecule has 1 unspecified atom stereocenters. The molecule has 0 aromatic carbocycles. The van der Waals surface area contributed by atoms with E-state index < -0.39 is 0 Å². The number of rotatable bonds is 1. The van der Waals surface area contributed by atoms with Crippen LogP contribution in [0.1, 0.15) is 12.6 Å². The van der Waals surface area contributed by atoms with Crippen molar-refractivity contribution in [2.24, 2.45) is 0 Å². The van der Waals surface area contributed by atoms with E-state index in [-0.39, 0.29) is 0 Å². The summed E-state index contributed by atoms with van der Waals surface area (Å²) in [5.41, 5.74) is 7.47. The Morgan fingerprint density at radius 3 is 3.00 bits per heavy atom. The molecular formula is C11H17N3S. The SMILES string of the molecule is Cc1nc(N2CCSC(C)C2)ccc1N. The zero-order valence-corrected chi connectivity index (χ0v) is 10.0. The number of pyridine rings is 1. The van der Waals surface area contributed by atoms with Gasteiger partial charge in [-0.3, -0.25) is 0 Å². The van der Waals surface area contributed by atoms with E-state index in [4.69, 9.17) is 5.73 Å². The first kappa shape index (κ1) is 10.6. The molecule has 15 heavy (non-hydrogen) atoms. The summed E-state index contributed by atoms with van der Waals surface area (Å²) in [6.45, 7) is 6.40. The molecule has 1 fully saturated rings. The van der Waals surface area contributed by atoms with E-state index in [1.54, 1.807) is 0 Å². The molecule has 1 saturated heterocycles. The van der Waals surface area contributed by atoms with Gasteiger partial charge in [-0.25, -0.2) is 4.98 Å². The fraction of sp³-hybridized carbons (Fsp3) is 0.545. The molecule has 0 radical (unpaired) electrons. The molecule has 82 valence electrons. The van der Waals surface area contributed by atoms with Crippen LogP contribution in [0, 0.1) is 6.92 Å². The van der Waals surface area contributed by atoms with Crippen LogP contribution in [0.15, 0.2) is 12.1 Å². The molecule has 1 aromatic heterocycles. The number of thioether (sulfide) groups is 1. The van der Waals surface area contributed by atoms with Crippen LogP contribution in [-0.2, 0) is 0 Å². The van der Waals surface area contributed by atoms with Gasteiger partial charge in [0.15, 0.2) is 0 Å². The largest absolute Gasteiger partial charge is 0.397 e. The summed E-state index contributed by atoms with van der Waals surface area (Å²) in [5.74, 6) is 2.25. The second kappa shape index (κ2) is 4.31. The molecule has 1 aromatic rings. The van der Waals surface area contributed by atoms with E-state index in [2.05, 4.69) is 16.8 Å². The molecule has 4 heteroatoms. The van der Waals surface area contributed by atoms with Crippen LogP contribution in [0.2, 0.25) is 0 Å². The van der Waals surface area contributed by atoms with Gasteiger partial charge in [-0.1, -0.05) is 6.92 Å². The zero-order valence-electron chi connectivity index (χ0n) is 9.23. The third kappa shape index (κ3) is 2.37. The van der Waals surface area contributed by atoms with Crippen molar-refractivity contribution in [3.8, 4) is 0 Å². The van der Waals surface area contributed by atoms with Crippen LogP contribution < -0.4 is 10.6 Å². The number of nitrogen functional groups attached to an aromatic ring is 1. The number of anilines is 2. The smallest absolute Gasteiger partial charge is 0.129 e. The maximum absolute atomic E-state index is 5.76. The van der Waals surface area contributed by atoms with Crippen LogP contribution in [0.3, 0.4) is 0 Å². The summed E-state index contributed by atoms with van der Waals surface area (Å²) in [7, 11) is 0. The van der Waals surface area contributed by atoms with E-state index in [0.29, 0.717) is 5.25 Å². The van der Waals surface area contributed by atoms with Gasteiger partial charge in [0.05, 0.1) is 11.4 Å². The Bertz CT molecular complexity index is 354. The second-order valence-corrected chi connectivity index (χ2v) is 5.52. The lowest BCUT2D eigenvalue weighted by Crippen LogP contribution is -2.37. The number of aryl methyl sites for hydroxylation is 1. The quantitative estimate of drug-likeness (QED) is 0.790. The van der Waals surface area contributed by atoms with Gasteiger partial charge >= 0.3 is 0 Å². The lowest BCUT2D eigenvalue weighted by atomic mass is 10.3. The molecular weight excluding hydrogens is 206 g/mol. The molecule has 0 spiro atoms. The maximum Gasteiger partial charge on any atom is 0.129 e. The first-order valence-electron chi connectivity index (χ1n) is 5.26. The van der Waals surface area contributed by atoms with Crippen molar-refractivity contribution in [2.75, 3.05) is 29.5 Å². The first-order chi connectivity index (χ1) is 7.16. The Labute approximate surface area is 95.1 Å². The minimum absolute atomic E-state index is 0.693. The normalized spacial score (nSPS) is 21.7. The first-order valence-corrected chi connectivity index (χ1v) is 6.31. The molecule has 2 rings (SSSR count). The fourth-order valence-electron chi connectivity index (χ4n) is 1.76. The van der Waals surface area contributed by atoms with Gasteiger partial charge in [-0.05, 0) is 19.1 Å². The van der Waals surface area contributed by atoms with Crippen molar-refractivity contribution in [2.45, 2.75) is 19.1 Å². The summed E-state index contributed by atoms with van der Waals surface area (Å²) in [4.78, 5) is 6.86. The van der Waals surface area contributed by atoms with Crippen LogP contribution >= 0.6 is 11.8 Å². The topological polar surface area (TPSA) is 42.2 Å². The molecule has 1 aliphatic heterocycles. The van der Waals surface area contributed by atoms with E-state index in [1.165, 1.54) is 5.75 Å². The van der Waals surface area contributed by atoms with E-state index >= 15 is 0 Å². The number of nitrogens with zero attached hydrogens (tertiary/aromatic N) is 2. The average Bonchev–Trinajstić information content (AvgIpc) is 2.22. The predicted octanol–water partition coefficient (Wildman–Crippen LogP) is 1.91. The van der Waals surface area contributed by atoms with E-state index in [0.717, 1.165) is 30.3 Å². The predicted molar refractivity (Wildman–Crippen MR) is 67.5 cm³/mol. The third-order valence-corrected chi connectivity index (χ3v) is 3.81. The fourth-order valence-corrected chi connectivity index (χ4v) is 2.77. The minimum atomic E-state index is 0.693. The van der Waals surface area contributed by atoms with Crippen LogP contribution in [0.4, 0.5) is 11.5 Å². The van der Waals surface area contributed by atoms with Crippen LogP contribution in [0.5, 0.6) is 0 Å². The number of hydrogen-bond acceptors (Lipinski definition) is 4. The molecule has 2 heterocycles. The summed E-state index contributed by atoms with van der Waals surface area (Å²) in [5, 5.41) is 0.693. The Morgan fingerprint density at radius 2 is 2.33 bits per heavy atom. The molecule has 1 aliphatic rings. The molecule has 0 bridgehead atoms. The maximum atomic E-state index is 5.76. The molecule has 1 atom stereocenters. The van der Waals surface area contributed by atoms with Gasteiger partial charge < -0.3 is 10.6 Å². The molecule has 0 amide bonds. The van der Waals surface area contributed by atoms with Crippen molar-refractivity contribution >= 4 is 23.3 Å². The van der Waals surface area contributed by atoms with Gasteiger partial charge in [0.25, 0.3) is 0 Å². The highest BCUT2D eigenvalue weighted by Gasteiger charge is 2.17. The van der Waals surface area contributed by atoms with Crippen molar-refractivity contribution in [1.82, 2.24) is 4.98 Å². The average molecular weight is 223 g/mol. The van der Waals surface area contributed by atoms with Crippen molar-refractivity contribution in [1.29, 1.82) is 0 Å². The highest BCUT2D eigenvalue weighted by atomic mass is 32.2. The highest BCUT2D eigenvalue weighted by molar-refractivity contribution is 8.00. The number of aromatic nitrogens is 1. The monoisotopic (exact) mass is 223 g/mol. The Kier molecular flexibility index (Phi) is 3.05. The lowest BCUT2D eigenvalue weighted by molar-refractivity contribution is 0.769. The van der Waals surface area contributed by atoms with Gasteiger partial charge in [0, 0.05) is 24.1 Å². The summed E-state index contributed by atoms with van der Waals surface area (Å²) < 4.78 is 0. The van der Waals surface area contributed by atoms with Gasteiger partial charge in [0.2, 0.25) is 0 Å². The molecule has 2 N–H and O–H groups in total.